The summed E-state index contributed by atoms with van der Waals surface area (Å²) in [5.74, 6) is 0. The lowest BCUT2D eigenvalue weighted by Crippen LogP contribution is -2.28. The Hall–Kier alpha value is -0.860. The first-order valence-electron chi connectivity index (χ1n) is 4.22. The lowest BCUT2D eigenvalue weighted by molar-refractivity contribution is 0.990. The van der Waals surface area contributed by atoms with Crippen molar-refractivity contribution >= 4 is 28.9 Å². The van der Waals surface area contributed by atoms with E-state index < -0.39 is 4.33 Å². The summed E-state index contributed by atoms with van der Waals surface area (Å²) in [5.41, 5.74) is 1.53. The van der Waals surface area contributed by atoms with Gasteiger partial charge in [-0.15, -0.1) is 0 Å². The van der Waals surface area contributed by atoms with Crippen molar-refractivity contribution in [1.29, 1.82) is 0 Å². The molecular weight excluding hydrogens is 219 g/mol. The summed E-state index contributed by atoms with van der Waals surface area (Å²) in [7, 11) is 0. The van der Waals surface area contributed by atoms with Gasteiger partial charge in [-0.2, -0.15) is 0 Å². The molecule has 0 unspecified atom stereocenters. The van der Waals surface area contributed by atoms with Crippen LogP contribution in [0.15, 0.2) is 41.8 Å². The average molecular weight is 227 g/mol. The number of hydrogen-bond acceptors (Lipinski definition) is 2. The van der Waals surface area contributed by atoms with E-state index in [0.29, 0.717) is 12.1 Å². The number of hydrogen-bond donors (Lipinski definition) is 0. The monoisotopic (exact) mass is 226 g/mol. The highest BCUT2D eigenvalue weighted by Crippen LogP contribution is 2.33. The fourth-order valence-electron chi connectivity index (χ4n) is 1.31. The molecule has 2 rings (SSSR count). The van der Waals surface area contributed by atoms with Gasteiger partial charge in [0.05, 0.1) is 5.71 Å². The maximum atomic E-state index is 6.13. The van der Waals surface area contributed by atoms with Crippen molar-refractivity contribution in [3.63, 3.8) is 0 Å². The Balaban J connectivity index is 2.43. The smallest absolute Gasteiger partial charge is 0.163 e. The molecular formula is C10H8Cl2N2. The van der Waals surface area contributed by atoms with Crippen LogP contribution >= 0.6 is 23.2 Å². The van der Waals surface area contributed by atoms with Crippen molar-refractivity contribution in [2.45, 2.75) is 10.8 Å². The summed E-state index contributed by atoms with van der Waals surface area (Å²) in [6, 6.07) is 3.73. The molecule has 1 aromatic heterocycles. The van der Waals surface area contributed by atoms with Crippen LogP contribution in [0.1, 0.15) is 12.0 Å². The standard InChI is InChI=1S/C10H8Cl2N2/c11-10(12)4-2-6-14-9(10)8-3-1-5-13-7-8/h1-3,5-7H,4H2. The molecule has 0 saturated carbocycles. The van der Waals surface area contributed by atoms with Gasteiger partial charge in [-0.05, 0) is 12.1 Å². The van der Waals surface area contributed by atoms with E-state index in [9.17, 15) is 0 Å². The second-order valence-electron chi connectivity index (χ2n) is 3.01. The zero-order valence-corrected chi connectivity index (χ0v) is 8.83. The molecule has 72 valence electrons. The minimum absolute atomic E-state index is 0.573. The van der Waals surface area contributed by atoms with Gasteiger partial charge in [-0.3, -0.25) is 9.98 Å². The van der Waals surface area contributed by atoms with Crippen LogP contribution in [-0.4, -0.2) is 15.0 Å². The zero-order chi connectivity index (χ0) is 10.0. The van der Waals surface area contributed by atoms with E-state index in [4.69, 9.17) is 23.2 Å². The Morgan fingerprint density at radius 1 is 1.36 bits per heavy atom. The largest absolute Gasteiger partial charge is 0.264 e. The molecule has 1 aromatic rings. The molecule has 2 nitrogen and oxygen atoms in total. The fraction of sp³-hybridized carbons (Fsp3) is 0.200. The molecule has 0 spiro atoms. The zero-order valence-electron chi connectivity index (χ0n) is 7.32. The first-order chi connectivity index (χ1) is 6.70. The highest BCUT2D eigenvalue weighted by molar-refractivity contribution is 6.60. The molecule has 0 atom stereocenters. The van der Waals surface area contributed by atoms with Crippen molar-refractivity contribution < 1.29 is 0 Å². The number of rotatable bonds is 1. The van der Waals surface area contributed by atoms with E-state index in [1.54, 1.807) is 18.6 Å². The van der Waals surface area contributed by atoms with Gasteiger partial charge in [0.2, 0.25) is 0 Å². The second kappa shape index (κ2) is 3.71. The van der Waals surface area contributed by atoms with Crippen molar-refractivity contribution in [3.8, 4) is 0 Å². The third-order valence-corrected chi connectivity index (χ3v) is 2.63. The molecule has 0 aliphatic carbocycles. The van der Waals surface area contributed by atoms with Gasteiger partial charge in [-0.25, -0.2) is 0 Å². The number of aliphatic imine (C=N–C) groups is 1. The molecule has 1 aliphatic heterocycles. The topological polar surface area (TPSA) is 25.2 Å². The number of alkyl halides is 2. The van der Waals surface area contributed by atoms with Crippen LogP contribution in [-0.2, 0) is 0 Å². The molecule has 0 amide bonds. The summed E-state index contributed by atoms with van der Waals surface area (Å²) in [6.07, 6.45) is 7.54. The quantitative estimate of drug-likeness (QED) is 0.677. The van der Waals surface area contributed by atoms with Crippen LogP contribution in [0.2, 0.25) is 0 Å². The van der Waals surface area contributed by atoms with Crippen molar-refractivity contribution in [3.05, 3.63) is 42.4 Å². The SMILES string of the molecule is ClC1(Cl)CC=CN=C1c1cccnc1. The van der Waals surface area contributed by atoms with Gasteiger partial charge in [0, 0.05) is 30.6 Å². The molecule has 0 saturated heterocycles. The average Bonchev–Trinajstić information content (AvgIpc) is 2.18. The molecule has 4 heteroatoms. The van der Waals surface area contributed by atoms with E-state index in [1.807, 2.05) is 18.2 Å². The highest BCUT2D eigenvalue weighted by Gasteiger charge is 2.32. The van der Waals surface area contributed by atoms with Crippen LogP contribution in [0.25, 0.3) is 0 Å². The Labute approximate surface area is 92.3 Å². The molecule has 0 N–H and O–H groups in total. The normalized spacial score (nSPS) is 19.1. The lowest BCUT2D eigenvalue weighted by atomic mass is 10.1. The summed E-state index contributed by atoms with van der Waals surface area (Å²) in [6.45, 7) is 0. The third-order valence-electron chi connectivity index (χ3n) is 1.96. The minimum atomic E-state index is -0.933. The summed E-state index contributed by atoms with van der Waals surface area (Å²) < 4.78 is -0.933. The molecule has 14 heavy (non-hydrogen) atoms. The molecule has 0 aromatic carbocycles. The van der Waals surface area contributed by atoms with Crippen molar-refractivity contribution in [1.82, 2.24) is 4.98 Å². The fourth-order valence-corrected chi connectivity index (χ4v) is 1.80. The van der Waals surface area contributed by atoms with E-state index in [0.717, 1.165) is 5.56 Å². The van der Waals surface area contributed by atoms with Gasteiger partial charge in [-0.1, -0.05) is 29.3 Å². The van der Waals surface area contributed by atoms with E-state index in [2.05, 4.69) is 9.98 Å². The molecule has 0 radical (unpaired) electrons. The Morgan fingerprint density at radius 3 is 2.86 bits per heavy atom. The Bertz CT molecular complexity index is 382. The van der Waals surface area contributed by atoms with E-state index in [-0.39, 0.29) is 0 Å². The van der Waals surface area contributed by atoms with Crippen LogP contribution in [0.5, 0.6) is 0 Å². The van der Waals surface area contributed by atoms with E-state index >= 15 is 0 Å². The maximum absolute atomic E-state index is 6.13. The lowest BCUT2D eigenvalue weighted by Gasteiger charge is -2.22. The molecule has 0 fully saturated rings. The molecule has 1 aliphatic rings. The predicted molar refractivity (Wildman–Crippen MR) is 59.0 cm³/mol. The third kappa shape index (κ3) is 1.81. The second-order valence-corrected chi connectivity index (χ2v) is 4.50. The number of pyridine rings is 1. The van der Waals surface area contributed by atoms with Gasteiger partial charge in [0.25, 0.3) is 0 Å². The maximum Gasteiger partial charge on any atom is 0.163 e. The first kappa shape index (κ1) is 9.69. The summed E-state index contributed by atoms with van der Waals surface area (Å²) in [5, 5.41) is 0. The van der Waals surface area contributed by atoms with Gasteiger partial charge >= 0.3 is 0 Å². The van der Waals surface area contributed by atoms with Gasteiger partial charge in [0.1, 0.15) is 0 Å². The van der Waals surface area contributed by atoms with Gasteiger partial charge in [0.15, 0.2) is 4.33 Å². The number of aromatic nitrogens is 1. The number of allylic oxidation sites excluding steroid dienone is 1. The Morgan fingerprint density at radius 2 is 2.21 bits per heavy atom. The predicted octanol–water partition coefficient (Wildman–Crippen LogP) is 2.96. The molecule has 0 bridgehead atoms. The highest BCUT2D eigenvalue weighted by atomic mass is 35.5. The minimum Gasteiger partial charge on any atom is -0.264 e. The molecule has 2 heterocycles. The van der Waals surface area contributed by atoms with Gasteiger partial charge < -0.3 is 0 Å². The van der Waals surface area contributed by atoms with Crippen LogP contribution < -0.4 is 0 Å². The summed E-state index contributed by atoms with van der Waals surface area (Å²) >= 11 is 12.3. The van der Waals surface area contributed by atoms with Crippen molar-refractivity contribution in [2.24, 2.45) is 4.99 Å². The number of nitrogens with zero attached hydrogens (tertiary/aromatic N) is 2. The van der Waals surface area contributed by atoms with Crippen LogP contribution in [0.4, 0.5) is 0 Å². The Kier molecular flexibility index (Phi) is 2.57. The summed E-state index contributed by atoms with van der Waals surface area (Å²) in [4.78, 5) is 8.19. The van der Waals surface area contributed by atoms with Crippen LogP contribution in [0.3, 0.4) is 0 Å². The van der Waals surface area contributed by atoms with Crippen molar-refractivity contribution in [2.75, 3.05) is 0 Å². The van der Waals surface area contributed by atoms with Crippen LogP contribution in [0, 0.1) is 0 Å². The number of halogens is 2. The first-order valence-corrected chi connectivity index (χ1v) is 4.97. The van der Waals surface area contributed by atoms with E-state index in [1.165, 1.54) is 0 Å².